The fourth-order valence-corrected chi connectivity index (χ4v) is 10.9. The van der Waals surface area contributed by atoms with E-state index in [9.17, 15) is 25.9 Å². The van der Waals surface area contributed by atoms with Gasteiger partial charge in [0.2, 0.25) is 5.52 Å². The van der Waals surface area contributed by atoms with Gasteiger partial charge in [0.05, 0.1) is 36.6 Å². The summed E-state index contributed by atoms with van der Waals surface area (Å²) in [6.07, 6.45) is 14.5. The number of anilines is 3. The van der Waals surface area contributed by atoms with E-state index in [0.29, 0.717) is 13.1 Å². The van der Waals surface area contributed by atoms with Crippen LogP contribution in [0, 0.1) is 5.92 Å². The molecule has 0 unspecified atom stereocenters. The maximum absolute atomic E-state index is 11.4. The van der Waals surface area contributed by atoms with Crippen LogP contribution in [0.4, 0.5) is 17.1 Å². The van der Waals surface area contributed by atoms with Crippen molar-refractivity contribution in [1.29, 1.82) is 0 Å². The molecular weight excluding hydrogens is 843 g/mol. The number of fused-ring (bicyclic) bond motifs is 2. The van der Waals surface area contributed by atoms with Crippen LogP contribution in [0.5, 0.6) is 0 Å². The molecule has 13 heteroatoms. The van der Waals surface area contributed by atoms with Gasteiger partial charge >= 0.3 is 0 Å². The molecule has 0 radical (unpaired) electrons. The molecule has 0 saturated heterocycles. The lowest BCUT2D eigenvalue weighted by Gasteiger charge is -2.28. The van der Waals surface area contributed by atoms with Crippen molar-refractivity contribution in [3.63, 3.8) is 0 Å². The second kappa shape index (κ2) is 21.5. The smallest absolute Gasteiger partial charge is 0.262 e. The summed E-state index contributed by atoms with van der Waals surface area (Å²) in [4.78, 5) is 5.44. The Bertz CT molecular complexity index is 2550. The molecule has 0 spiro atoms. The fourth-order valence-electron chi connectivity index (χ4n) is 7.71. The maximum Gasteiger partial charge on any atom is 0.262 e. The normalized spacial score (nSPS) is 15.7. The molecule has 7 rings (SSSR count). The van der Waals surface area contributed by atoms with E-state index in [2.05, 4.69) is 83.7 Å². The van der Waals surface area contributed by atoms with Gasteiger partial charge < -0.3 is 18.9 Å². The van der Waals surface area contributed by atoms with Crippen LogP contribution in [0.2, 0.25) is 0 Å². The van der Waals surface area contributed by atoms with Crippen LogP contribution in [0.15, 0.2) is 154 Å². The molecule has 1 aromatic heterocycles. The average molecular weight is 897 g/mol. The van der Waals surface area contributed by atoms with E-state index >= 15 is 0 Å². The van der Waals surface area contributed by atoms with Gasteiger partial charge in [-0.05, 0) is 90.9 Å². The molecule has 5 aromatic rings. The predicted octanol–water partition coefficient (Wildman–Crippen LogP) is 11.2. The van der Waals surface area contributed by atoms with Crippen molar-refractivity contribution in [3.05, 3.63) is 154 Å². The van der Waals surface area contributed by atoms with E-state index < -0.39 is 31.7 Å². The Morgan fingerprint density at radius 1 is 0.721 bits per heavy atom. The number of thiazole rings is 1. The minimum Gasteiger partial charge on any atom is -0.748 e. The van der Waals surface area contributed by atoms with Gasteiger partial charge in [-0.2, -0.15) is 4.57 Å². The number of aryl methyl sites for hydroxylation is 1. The van der Waals surface area contributed by atoms with E-state index in [-0.39, 0.29) is 12.8 Å². The van der Waals surface area contributed by atoms with Gasteiger partial charge in [0.25, 0.3) is 5.01 Å². The third-order valence-electron chi connectivity index (χ3n) is 10.9. The second-order valence-electron chi connectivity index (χ2n) is 15.0. The Balaban J connectivity index is 0.000000819. The third kappa shape index (κ3) is 12.6. The van der Waals surface area contributed by atoms with Crippen molar-refractivity contribution in [3.8, 4) is 0 Å². The first kappa shape index (κ1) is 46.0. The number of nitrogens with zero attached hydrogens (tertiary/aromatic N) is 3. The molecular formula is C48H54N3O6S4-. The summed E-state index contributed by atoms with van der Waals surface area (Å²) >= 11 is 3.24. The summed E-state index contributed by atoms with van der Waals surface area (Å²) in [5.41, 5.74) is 7.28. The van der Waals surface area contributed by atoms with Crippen LogP contribution in [0.1, 0.15) is 70.7 Å². The molecule has 1 aliphatic heterocycles. The third-order valence-corrected chi connectivity index (χ3v) is 14.8. The standard InChI is InChI=1S/C41H39N3O6S4.C7H16/c45-53(46,47)29-11-27-42-35-17-7-9-19-37(35)51-39(42)25-23-31-21-22-32(41(31)44(33-13-3-1-4-14-33)34-15-5-2-6-16-34)24-26-40-43(28-12-30-54(48,49)50)36-18-8-10-20-38(36)52-40;1-4-7(5-2)6-3/h1-10,13-20,23-26H,11-12,21-22,27-30H2,(H-,45,46,47,48,49,50);7H,4-6H2,1-3H3/p-1. The van der Waals surface area contributed by atoms with Crippen molar-refractivity contribution in [2.45, 2.75) is 77.2 Å². The summed E-state index contributed by atoms with van der Waals surface area (Å²) < 4.78 is 71.8. The van der Waals surface area contributed by atoms with Crippen molar-refractivity contribution in [2.75, 3.05) is 27.9 Å². The van der Waals surface area contributed by atoms with E-state index in [1.807, 2.05) is 84.9 Å². The zero-order chi connectivity index (χ0) is 43.4. The Kier molecular flexibility index (Phi) is 16.2. The lowest BCUT2D eigenvalue weighted by molar-refractivity contribution is -0.668. The predicted molar refractivity (Wildman–Crippen MR) is 251 cm³/mol. The molecule has 0 saturated carbocycles. The summed E-state index contributed by atoms with van der Waals surface area (Å²) in [5.74, 6) is 0.141. The first-order valence-electron chi connectivity index (χ1n) is 20.9. The highest BCUT2D eigenvalue weighted by Crippen LogP contribution is 2.47. The minimum atomic E-state index is -4.33. The second-order valence-corrected chi connectivity index (χ2v) is 20.2. The van der Waals surface area contributed by atoms with Gasteiger partial charge in [0.1, 0.15) is 4.70 Å². The van der Waals surface area contributed by atoms with Crippen LogP contribution in [0.25, 0.3) is 16.3 Å². The van der Waals surface area contributed by atoms with Gasteiger partial charge in [-0.25, -0.2) is 16.8 Å². The lowest BCUT2D eigenvalue weighted by atomic mass is 10.0. The molecule has 4 aromatic carbocycles. The van der Waals surface area contributed by atoms with Crippen molar-refractivity contribution >= 4 is 76.7 Å². The minimum absolute atomic E-state index is 0.217. The number of hydrogen-bond donors (Lipinski definition) is 0. The van der Waals surface area contributed by atoms with Crippen molar-refractivity contribution < 1.29 is 30.5 Å². The molecule has 0 N–H and O–H groups in total. The molecule has 0 amide bonds. The first-order chi connectivity index (χ1) is 29.4. The van der Waals surface area contributed by atoms with Gasteiger partial charge in [0.15, 0.2) is 6.54 Å². The molecule has 61 heavy (non-hydrogen) atoms. The van der Waals surface area contributed by atoms with Crippen molar-refractivity contribution in [1.82, 2.24) is 0 Å². The average Bonchev–Trinajstić information content (AvgIpc) is 3.93. The number of aromatic nitrogens is 1. The molecule has 0 bridgehead atoms. The van der Waals surface area contributed by atoms with Gasteiger partial charge in [-0.3, -0.25) is 0 Å². The Morgan fingerprint density at radius 2 is 1.31 bits per heavy atom. The number of thioether (sulfide) groups is 1. The van der Waals surface area contributed by atoms with Crippen LogP contribution in [-0.4, -0.2) is 44.0 Å². The SMILES string of the molecule is CCC(CC)CC.O=S(=O)([O-])CCCN1/C(=C/C=C2\CCC(/C=C/c3sc4ccccc4[n+]3CCCS(=O)(=O)[O-])=C2N(c2ccccc2)c2ccccc2)Sc2ccccc21. The highest BCUT2D eigenvalue weighted by atomic mass is 32.2. The molecule has 0 atom stereocenters. The summed E-state index contributed by atoms with van der Waals surface area (Å²) in [5, 5.41) is 1.90. The van der Waals surface area contributed by atoms with Gasteiger partial charge in [-0.1, -0.05) is 130 Å². The molecule has 9 nitrogen and oxygen atoms in total. The highest BCUT2D eigenvalue weighted by Gasteiger charge is 2.28. The van der Waals surface area contributed by atoms with E-state index in [1.165, 1.54) is 19.3 Å². The van der Waals surface area contributed by atoms with Crippen LogP contribution >= 0.6 is 23.1 Å². The molecule has 1 aliphatic carbocycles. The fraction of sp³-hybridized carbons (Fsp3) is 0.312. The van der Waals surface area contributed by atoms with Gasteiger partial charge in [-0.15, -0.1) is 0 Å². The largest absolute Gasteiger partial charge is 0.748 e. The Morgan fingerprint density at radius 3 is 1.93 bits per heavy atom. The monoisotopic (exact) mass is 896 g/mol. The number of benzene rings is 4. The first-order valence-corrected chi connectivity index (χ1v) is 25.7. The van der Waals surface area contributed by atoms with Crippen LogP contribution in [0.3, 0.4) is 0 Å². The van der Waals surface area contributed by atoms with E-state index in [4.69, 9.17) is 0 Å². The Labute approximate surface area is 370 Å². The quantitative estimate of drug-likeness (QED) is 0.0662. The van der Waals surface area contributed by atoms with Crippen LogP contribution < -0.4 is 14.4 Å². The number of hydrogen-bond acceptors (Lipinski definition) is 10. The Hall–Kier alpha value is -4.50. The number of allylic oxidation sites excluding steroid dienone is 5. The molecule has 2 heterocycles. The van der Waals surface area contributed by atoms with E-state index in [0.717, 1.165) is 77.8 Å². The summed E-state index contributed by atoms with van der Waals surface area (Å²) in [6.45, 7) is 7.58. The van der Waals surface area contributed by atoms with E-state index in [1.54, 1.807) is 23.1 Å². The molecule has 322 valence electrons. The lowest BCUT2D eigenvalue weighted by Crippen LogP contribution is -2.36. The zero-order valence-electron chi connectivity index (χ0n) is 35.0. The summed E-state index contributed by atoms with van der Waals surface area (Å²) in [6, 6.07) is 36.4. The molecule has 2 aliphatic rings. The van der Waals surface area contributed by atoms with Gasteiger partial charge in [0, 0.05) is 52.9 Å². The molecule has 0 fully saturated rings. The summed E-state index contributed by atoms with van der Waals surface area (Å²) in [7, 11) is -8.66. The maximum atomic E-state index is 11.4. The van der Waals surface area contributed by atoms with Crippen molar-refractivity contribution in [2.24, 2.45) is 5.92 Å². The topological polar surface area (TPSA) is 125 Å². The number of para-hydroxylation sites is 4. The van der Waals surface area contributed by atoms with Crippen LogP contribution in [-0.2, 0) is 26.8 Å². The number of rotatable bonds is 17. The zero-order valence-corrected chi connectivity index (χ0v) is 38.2. The highest BCUT2D eigenvalue weighted by molar-refractivity contribution is 8.03.